The first-order valence-electron chi connectivity index (χ1n) is 9.29. The number of sulfone groups is 1. The number of pyridine rings is 1. The number of amides is 1. The molecule has 4 rings (SSSR count). The van der Waals surface area contributed by atoms with Crippen LogP contribution in [-0.2, 0) is 21.2 Å². The molecule has 0 saturated heterocycles. The summed E-state index contributed by atoms with van der Waals surface area (Å²) >= 11 is 0. The Morgan fingerprint density at radius 1 is 1.13 bits per heavy atom. The normalized spacial score (nSPS) is 18.5. The van der Waals surface area contributed by atoms with Crippen LogP contribution >= 0.6 is 0 Å². The maximum atomic E-state index is 12.6. The van der Waals surface area contributed by atoms with E-state index in [1.807, 2.05) is 12.1 Å². The summed E-state index contributed by atoms with van der Waals surface area (Å²) in [4.78, 5) is 16.0. The maximum Gasteiger partial charge on any atom is 0.408 e. The van der Waals surface area contributed by atoms with Gasteiger partial charge in [-0.05, 0) is 48.2 Å². The molecule has 162 valence electrons. The van der Waals surface area contributed by atoms with E-state index in [9.17, 15) is 26.4 Å². The van der Waals surface area contributed by atoms with Crippen LogP contribution in [0.2, 0.25) is 0 Å². The molecule has 11 heteroatoms. The van der Waals surface area contributed by atoms with Crippen molar-refractivity contribution in [2.45, 2.75) is 34.9 Å². The highest BCUT2D eigenvalue weighted by Gasteiger charge is 2.44. The number of benzene rings is 1. The third-order valence-electron chi connectivity index (χ3n) is 4.93. The van der Waals surface area contributed by atoms with Crippen LogP contribution in [0.25, 0.3) is 0 Å². The Labute approximate surface area is 175 Å². The highest BCUT2D eigenvalue weighted by atomic mass is 32.2. The van der Waals surface area contributed by atoms with E-state index in [4.69, 9.17) is 0 Å². The quantitative estimate of drug-likeness (QED) is 0.621. The van der Waals surface area contributed by atoms with E-state index in [1.165, 1.54) is 24.3 Å². The number of carbonyl (C=O) groups excluding carboxylic acids is 1. The standard InChI is InChI=1S/C20H17F3N4O3S/c21-20(22,23)12-27-11-16(10-25-27)31(29,30)15-5-3-14(4-6-15)26-19(28)18-8-17(18)13-2-1-7-24-9-13/h1-7,9-11,17-18H,8,12H2,(H,26,28)/t17-,18+/m0/s1. The molecule has 3 aromatic rings. The fourth-order valence-corrected chi connectivity index (χ4v) is 4.50. The van der Waals surface area contributed by atoms with E-state index in [1.54, 1.807) is 12.4 Å². The number of nitrogens with one attached hydrogen (secondary N) is 1. The summed E-state index contributed by atoms with van der Waals surface area (Å²) in [5.74, 6) is -0.230. The number of halogens is 3. The minimum atomic E-state index is -4.51. The Morgan fingerprint density at radius 3 is 2.52 bits per heavy atom. The van der Waals surface area contributed by atoms with Crippen molar-refractivity contribution in [1.29, 1.82) is 0 Å². The Balaban J connectivity index is 1.42. The molecule has 1 fully saturated rings. The van der Waals surface area contributed by atoms with Gasteiger partial charge in [0.15, 0.2) is 0 Å². The predicted molar refractivity (Wildman–Crippen MR) is 104 cm³/mol. The van der Waals surface area contributed by atoms with Crippen LogP contribution in [0.4, 0.5) is 18.9 Å². The lowest BCUT2D eigenvalue weighted by Gasteiger charge is -2.07. The lowest BCUT2D eigenvalue weighted by Crippen LogP contribution is -2.17. The summed E-state index contributed by atoms with van der Waals surface area (Å²) in [5, 5.41) is 6.22. The molecular formula is C20H17F3N4O3S. The number of alkyl halides is 3. The topological polar surface area (TPSA) is 94.0 Å². The first kappa shape index (κ1) is 21.0. The zero-order valence-electron chi connectivity index (χ0n) is 16.0. The molecule has 1 saturated carbocycles. The summed E-state index contributed by atoms with van der Waals surface area (Å²) in [6, 6.07) is 9.18. The van der Waals surface area contributed by atoms with Crippen molar-refractivity contribution in [2.75, 3.05) is 5.32 Å². The summed E-state index contributed by atoms with van der Waals surface area (Å²) < 4.78 is 63.2. The smallest absolute Gasteiger partial charge is 0.326 e. The van der Waals surface area contributed by atoms with Gasteiger partial charge in [0.1, 0.15) is 11.4 Å². The highest BCUT2D eigenvalue weighted by Crippen LogP contribution is 2.47. The van der Waals surface area contributed by atoms with Crippen LogP contribution in [0.1, 0.15) is 17.9 Å². The average Bonchev–Trinajstić information content (AvgIpc) is 3.40. The van der Waals surface area contributed by atoms with Gasteiger partial charge in [-0.15, -0.1) is 0 Å². The minimum Gasteiger partial charge on any atom is -0.326 e. The Bertz CT molecular complexity index is 1190. The van der Waals surface area contributed by atoms with Gasteiger partial charge in [-0.3, -0.25) is 14.5 Å². The number of anilines is 1. The lowest BCUT2D eigenvalue weighted by atomic mass is 10.1. The van der Waals surface area contributed by atoms with E-state index in [-0.39, 0.29) is 27.5 Å². The van der Waals surface area contributed by atoms with E-state index >= 15 is 0 Å². The number of hydrogen-bond donors (Lipinski definition) is 1. The molecule has 31 heavy (non-hydrogen) atoms. The average molecular weight is 450 g/mol. The molecule has 0 unspecified atom stereocenters. The number of hydrogen-bond acceptors (Lipinski definition) is 5. The molecule has 2 aromatic heterocycles. The van der Waals surface area contributed by atoms with Gasteiger partial charge in [-0.1, -0.05) is 6.07 Å². The second-order valence-electron chi connectivity index (χ2n) is 7.24. The minimum absolute atomic E-state index is 0.113. The van der Waals surface area contributed by atoms with Crippen LogP contribution in [0.3, 0.4) is 0 Å². The van der Waals surface area contributed by atoms with Gasteiger partial charge in [-0.2, -0.15) is 18.3 Å². The molecule has 1 aliphatic rings. The molecule has 1 aromatic carbocycles. The monoisotopic (exact) mass is 450 g/mol. The van der Waals surface area contributed by atoms with Crippen molar-refractivity contribution in [1.82, 2.24) is 14.8 Å². The fourth-order valence-electron chi connectivity index (χ4n) is 3.29. The fraction of sp³-hybridized carbons (Fsp3) is 0.250. The molecule has 0 bridgehead atoms. The first-order valence-corrected chi connectivity index (χ1v) is 10.8. The Morgan fingerprint density at radius 2 is 1.87 bits per heavy atom. The summed E-state index contributed by atoms with van der Waals surface area (Å²) in [6.07, 6.45) is 1.31. The van der Waals surface area contributed by atoms with E-state index in [2.05, 4.69) is 15.4 Å². The molecule has 0 spiro atoms. The lowest BCUT2D eigenvalue weighted by molar-refractivity contribution is -0.142. The molecule has 1 amide bonds. The second-order valence-corrected chi connectivity index (χ2v) is 9.19. The summed E-state index contributed by atoms with van der Waals surface area (Å²) in [6.45, 7) is -1.38. The molecule has 2 atom stereocenters. The highest BCUT2D eigenvalue weighted by molar-refractivity contribution is 7.91. The molecule has 7 nitrogen and oxygen atoms in total. The van der Waals surface area contributed by atoms with Crippen LogP contribution in [-0.4, -0.2) is 35.3 Å². The van der Waals surface area contributed by atoms with Crippen LogP contribution in [0, 0.1) is 5.92 Å². The Kier molecular flexibility index (Phi) is 5.29. The van der Waals surface area contributed by atoms with Gasteiger partial charge in [-0.25, -0.2) is 8.42 Å². The van der Waals surface area contributed by atoms with Gasteiger partial charge in [0.25, 0.3) is 0 Å². The Hall–Kier alpha value is -3.21. The predicted octanol–water partition coefficient (Wildman–Crippen LogP) is 3.42. The maximum absolute atomic E-state index is 12.6. The largest absolute Gasteiger partial charge is 0.408 e. The van der Waals surface area contributed by atoms with Crippen LogP contribution in [0.15, 0.2) is 71.0 Å². The first-order chi connectivity index (χ1) is 14.6. The number of rotatable bonds is 6. The van der Waals surface area contributed by atoms with Gasteiger partial charge >= 0.3 is 6.18 Å². The van der Waals surface area contributed by atoms with Crippen molar-refractivity contribution in [2.24, 2.45) is 5.92 Å². The SMILES string of the molecule is O=C(Nc1ccc(S(=O)(=O)c2cnn(CC(F)(F)F)c2)cc1)[C@@H]1C[C@H]1c1cccnc1. The van der Waals surface area contributed by atoms with Gasteiger partial charge < -0.3 is 5.32 Å². The van der Waals surface area contributed by atoms with Gasteiger partial charge in [0.05, 0.1) is 11.1 Å². The van der Waals surface area contributed by atoms with Crippen molar-refractivity contribution < 1.29 is 26.4 Å². The number of aromatic nitrogens is 3. The van der Waals surface area contributed by atoms with E-state index < -0.39 is 22.6 Å². The molecular weight excluding hydrogens is 433 g/mol. The molecule has 1 N–H and O–H groups in total. The number of carbonyl (C=O) groups is 1. The van der Waals surface area contributed by atoms with Crippen LogP contribution in [0.5, 0.6) is 0 Å². The van der Waals surface area contributed by atoms with E-state index in [0.29, 0.717) is 16.8 Å². The summed E-state index contributed by atoms with van der Waals surface area (Å²) in [7, 11) is -4.04. The molecule has 2 heterocycles. The van der Waals surface area contributed by atoms with Crippen molar-refractivity contribution >= 4 is 21.4 Å². The second kappa shape index (κ2) is 7.80. The number of nitrogens with zero attached hydrogens (tertiary/aromatic N) is 3. The molecule has 0 radical (unpaired) electrons. The zero-order chi connectivity index (χ0) is 22.2. The van der Waals surface area contributed by atoms with Crippen LogP contribution < -0.4 is 5.32 Å². The van der Waals surface area contributed by atoms with Gasteiger partial charge in [0, 0.05) is 30.2 Å². The van der Waals surface area contributed by atoms with Crippen molar-refractivity contribution in [3.63, 3.8) is 0 Å². The summed E-state index contributed by atoms with van der Waals surface area (Å²) in [5.41, 5.74) is 1.42. The van der Waals surface area contributed by atoms with Crippen molar-refractivity contribution in [3.8, 4) is 0 Å². The third kappa shape index (κ3) is 4.76. The molecule has 0 aliphatic heterocycles. The van der Waals surface area contributed by atoms with E-state index in [0.717, 1.165) is 18.0 Å². The molecule has 1 aliphatic carbocycles. The zero-order valence-corrected chi connectivity index (χ0v) is 16.8. The third-order valence-corrected chi connectivity index (χ3v) is 6.66. The van der Waals surface area contributed by atoms with Crippen molar-refractivity contribution in [3.05, 3.63) is 66.7 Å². The van der Waals surface area contributed by atoms with Gasteiger partial charge in [0.2, 0.25) is 15.7 Å².